The topological polar surface area (TPSA) is 36.5 Å². The molecule has 2 N–H and O–H groups in total. The molecule has 2 aromatic carbocycles. The molecule has 6 heteroatoms. The Labute approximate surface area is 152 Å². The molecule has 0 radical (unpaired) electrons. The average Bonchev–Trinajstić information content (AvgIpc) is 2.61. The molecule has 0 amide bonds. The van der Waals surface area contributed by atoms with Gasteiger partial charge in [0.1, 0.15) is 17.4 Å². The summed E-state index contributed by atoms with van der Waals surface area (Å²) in [4.78, 5) is 2.06. The Morgan fingerprint density at radius 1 is 1.15 bits per heavy atom. The molecule has 3 rings (SSSR count). The van der Waals surface area contributed by atoms with E-state index in [4.69, 9.17) is 4.74 Å². The minimum Gasteiger partial charge on any atom is -0.497 e. The van der Waals surface area contributed by atoms with Crippen LogP contribution in [-0.4, -0.2) is 39.2 Å². The van der Waals surface area contributed by atoms with Crippen molar-refractivity contribution in [2.75, 3.05) is 39.6 Å². The van der Waals surface area contributed by atoms with Crippen molar-refractivity contribution < 1.29 is 13.5 Å². The Morgan fingerprint density at radius 3 is 2.65 bits per heavy atom. The second-order valence-corrected chi connectivity index (χ2v) is 6.51. The molecule has 1 atom stereocenters. The lowest BCUT2D eigenvalue weighted by Crippen LogP contribution is -2.28. The summed E-state index contributed by atoms with van der Waals surface area (Å²) in [5, 5.41) is 6.62. The Hall–Kier alpha value is -2.60. The molecule has 1 aliphatic heterocycles. The maximum Gasteiger partial charge on any atom is 0.132 e. The second-order valence-electron chi connectivity index (χ2n) is 6.51. The van der Waals surface area contributed by atoms with Crippen LogP contribution < -0.4 is 15.4 Å². The van der Waals surface area contributed by atoms with Crippen LogP contribution in [0.25, 0.3) is 5.70 Å². The third-order valence-corrected chi connectivity index (χ3v) is 4.33. The highest BCUT2D eigenvalue weighted by atomic mass is 19.1. The van der Waals surface area contributed by atoms with Crippen LogP contribution in [-0.2, 0) is 0 Å². The van der Waals surface area contributed by atoms with Gasteiger partial charge < -0.3 is 20.3 Å². The summed E-state index contributed by atoms with van der Waals surface area (Å²) in [6, 6.07) is 9.00. The lowest BCUT2D eigenvalue weighted by atomic mass is 9.96. The van der Waals surface area contributed by atoms with Crippen LogP contribution in [0.15, 0.2) is 42.5 Å². The van der Waals surface area contributed by atoms with Crippen molar-refractivity contribution in [3.05, 3.63) is 65.2 Å². The van der Waals surface area contributed by atoms with Gasteiger partial charge in [-0.1, -0.05) is 6.07 Å². The molecule has 26 heavy (non-hydrogen) atoms. The highest BCUT2D eigenvalue weighted by Gasteiger charge is 2.23. The number of hydrogen-bond acceptors (Lipinski definition) is 4. The standard InChI is InChI=1S/C20H23F2N3O/c1-25(2)9-8-23-19-12-20(15-6-5-14(26-3)11-17(15)22)24-18-7-4-13(21)10-16(18)19/h4-7,10-12,20,23-24H,8-9H2,1-3H3. The number of halogens is 2. The molecule has 138 valence electrons. The highest BCUT2D eigenvalue weighted by molar-refractivity contribution is 5.79. The summed E-state index contributed by atoms with van der Waals surface area (Å²) in [6.45, 7) is 1.53. The number of methoxy groups -OCH3 is 1. The number of anilines is 1. The number of nitrogens with zero attached hydrogens (tertiary/aromatic N) is 1. The normalized spacial score (nSPS) is 15.9. The zero-order valence-corrected chi connectivity index (χ0v) is 15.1. The van der Waals surface area contributed by atoms with Gasteiger partial charge in [-0.05, 0) is 44.4 Å². The Bertz CT molecular complexity index is 821. The highest BCUT2D eigenvalue weighted by Crippen LogP contribution is 2.35. The van der Waals surface area contributed by atoms with Crippen molar-refractivity contribution in [2.45, 2.75) is 6.04 Å². The summed E-state index contributed by atoms with van der Waals surface area (Å²) in [6.07, 6.45) is 1.89. The van der Waals surface area contributed by atoms with E-state index in [2.05, 4.69) is 15.5 Å². The maximum atomic E-state index is 14.5. The smallest absolute Gasteiger partial charge is 0.132 e. The fourth-order valence-electron chi connectivity index (χ4n) is 2.95. The van der Waals surface area contributed by atoms with Crippen molar-refractivity contribution in [3.63, 3.8) is 0 Å². The molecule has 1 aliphatic rings. The molecular formula is C20H23F2N3O. The summed E-state index contributed by atoms with van der Waals surface area (Å²) in [5.74, 6) is -0.186. The molecule has 0 saturated carbocycles. The lowest BCUT2D eigenvalue weighted by Gasteiger charge is -2.28. The Morgan fingerprint density at radius 2 is 1.96 bits per heavy atom. The molecule has 1 unspecified atom stereocenters. The zero-order valence-electron chi connectivity index (χ0n) is 15.1. The van der Waals surface area contributed by atoms with Crippen LogP contribution in [0.5, 0.6) is 5.75 Å². The number of fused-ring (bicyclic) bond motifs is 1. The van der Waals surface area contributed by atoms with E-state index in [-0.39, 0.29) is 17.7 Å². The van der Waals surface area contributed by atoms with Crippen molar-refractivity contribution >= 4 is 11.4 Å². The average molecular weight is 359 g/mol. The number of likely N-dealkylation sites (N-methyl/N-ethyl adjacent to an activating group) is 1. The van der Waals surface area contributed by atoms with E-state index in [1.54, 1.807) is 18.2 Å². The van der Waals surface area contributed by atoms with Crippen LogP contribution >= 0.6 is 0 Å². The molecular weight excluding hydrogens is 336 g/mol. The van der Waals surface area contributed by atoms with Gasteiger partial charge in [-0.15, -0.1) is 0 Å². The lowest BCUT2D eigenvalue weighted by molar-refractivity contribution is 0.410. The van der Waals surface area contributed by atoms with Crippen molar-refractivity contribution in [2.24, 2.45) is 0 Å². The first-order chi connectivity index (χ1) is 12.5. The third-order valence-electron chi connectivity index (χ3n) is 4.33. The summed E-state index contributed by atoms with van der Waals surface area (Å²) >= 11 is 0. The van der Waals surface area contributed by atoms with Gasteiger partial charge >= 0.3 is 0 Å². The largest absolute Gasteiger partial charge is 0.497 e. The predicted octanol–water partition coefficient (Wildman–Crippen LogP) is 3.63. The van der Waals surface area contributed by atoms with E-state index in [0.29, 0.717) is 17.9 Å². The number of nitrogens with one attached hydrogen (secondary N) is 2. The Balaban J connectivity index is 1.94. The van der Waals surface area contributed by atoms with Gasteiger partial charge in [-0.3, -0.25) is 0 Å². The number of rotatable bonds is 6. The monoisotopic (exact) mass is 359 g/mol. The maximum absolute atomic E-state index is 14.5. The third kappa shape index (κ3) is 3.96. The van der Waals surface area contributed by atoms with Crippen LogP contribution in [0.4, 0.5) is 14.5 Å². The predicted molar refractivity (Wildman–Crippen MR) is 100 cm³/mol. The van der Waals surface area contributed by atoms with Gasteiger partial charge in [0.25, 0.3) is 0 Å². The van der Waals surface area contributed by atoms with Gasteiger partial charge in [0.15, 0.2) is 0 Å². The van der Waals surface area contributed by atoms with Gasteiger partial charge in [-0.25, -0.2) is 8.78 Å². The molecule has 0 aromatic heterocycles. The van der Waals surface area contributed by atoms with E-state index in [0.717, 1.165) is 23.5 Å². The zero-order chi connectivity index (χ0) is 18.7. The first-order valence-electron chi connectivity index (χ1n) is 8.48. The fourth-order valence-corrected chi connectivity index (χ4v) is 2.95. The van der Waals surface area contributed by atoms with Crippen LogP contribution in [0, 0.1) is 11.6 Å². The van der Waals surface area contributed by atoms with Crippen LogP contribution in [0.3, 0.4) is 0 Å². The summed E-state index contributed by atoms with van der Waals surface area (Å²) < 4.78 is 33.3. The van der Waals surface area contributed by atoms with E-state index in [9.17, 15) is 8.78 Å². The molecule has 0 aliphatic carbocycles. The summed E-state index contributed by atoms with van der Waals surface area (Å²) in [5.41, 5.74) is 2.81. The molecule has 2 aromatic rings. The van der Waals surface area contributed by atoms with Gasteiger partial charge in [0.05, 0.1) is 13.2 Å². The first-order valence-corrected chi connectivity index (χ1v) is 8.48. The fraction of sp³-hybridized carbons (Fsp3) is 0.300. The van der Waals surface area contributed by atoms with E-state index in [1.807, 2.05) is 20.2 Å². The summed E-state index contributed by atoms with van der Waals surface area (Å²) in [7, 11) is 5.48. The second kappa shape index (κ2) is 7.74. The molecule has 1 heterocycles. The molecule has 0 bridgehead atoms. The minimum atomic E-state index is -0.360. The quantitative estimate of drug-likeness (QED) is 0.826. The van der Waals surface area contributed by atoms with Crippen LogP contribution in [0.2, 0.25) is 0 Å². The van der Waals surface area contributed by atoms with Crippen molar-refractivity contribution in [1.29, 1.82) is 0 Å². The molecule has 4 nitrogen and oxygen atoms in total. The molecule has 0 spiro atoms. The number of hydrogen-bond donors (Lipinski definition) is 2. The molecule has 0 fully saturated rings. The van der Waals surface area contributed by atoms with Crippen LogP contribution in [0.1, 0.15) is 17.2 Å². The Kier molecular flexibility index (Phi) is 5.42. The van der Waals surface area contributed by atoms with E-state index in [1.165, 1.54) is 25.3 Å². The number of ether oxygens (including phenoxy) is 1. The van der Waals surface area contributed by atoms with E-state index < -0.39 is 0 Å². The van der Waals surface area contributed by atoms with Crippen molar-refractivity contribution in [3.8, 4) is 5.75 Å². The molecule has 0 saturated heterocycles. The minimum absolute atomic E-state index is 0.306. The SMILES string of the molecule is COc1ccc(C2C=C(NCCN(C)C)c3cc(F)ccc3N2)c(F)c1. The van der Waals surface area contributed by atoms with Gasteiger partial charge in [-0.2, -0.15) is 0 Å². The van der Waals surface area contributed by atoms with Gasteiger partial charge in [0, 0.05) is 41.7 Å². The van der Waals surface area contributed by atoms with Gasteiger partial charge in [0.2, 0.25) is 0 Å². The number of benzene rings is 2. The first kappa shape index (κ1) is 18.2. The van der Waals surface area contributed by atoms with Crippen molar-refractivity contribution in [1.82, 2.24) is 10.2 Å². The van der Waals surface area contributed by atoms with E-state index >= 15 is 0 Å².